The van der Waals surface area contributed by atoms with Crippen LogP contribution >= 0.6 is 0 Å². The van der Waals surface area contributed by atoms with E-state index >= 15 is 0 Å². The van der Waals surface area contributed by atoms with Crippen LogP contribution in [0.25, 0.3) is 0 Å². The fraction of sp³-hybridized carbons (Fsp3) is 0.588. The lowest BCUT2D eigenvalue weighted by Crippen LogP contribution is -2.42. The third-order valence-electron chi connectivity index (χ3n) is 3.73. The van der Waals surface area contributed by atoms with Crippen LogP contribution in [0.15, 0.2) is 35.2 Å². The molecule has 1 fully saturated rings. The Morgan fingerprint density at radius 3 is 2.59 bits per heavy atom. The van der Waals surface area contributed by atoms with E-state index in [4.69, 9.17) is 4.74 Å². The molecule has 5 heteroatoms. The minimum Gasteiger partial charge on any atom is -0.444 e. The first kappa shape index (κ1) is 17.0. The molecule has 1 aliphatic rings. The Kier molecular flexibility index (Phi) is 5.62. The molecule has 0 bridgehead atoms. The lowest BCUT2D eigenvalue weighted by molar-refractivity contribution is 0.0495. The molecule has 3 atom stereocenters. The Balaban J connectivity index is 1.91. The molecule has 22 heavy (non-hydrogen) atoms. The van der Waals surface area contributed by atoms with Gasteiger partial charge in [-0.3, -0.25) is 4.21 Å². The van der Waals surface area contributed by atoms with Crippen molar-refractivity contribution in [3.8, 4) is 0 Å². The quantitative estimate of drug-likeness (QED) is 0.923. The molecule has 2 rings (SSSR count). The second-order valence-corrected chi connectivity index (χ2v) is 8.26. The van der Waals surface area contributed by atoms with Crippen LogP contribution in [-0.4, -0.2) is 27.7 Å². The number of carbonyl (C=O) groups is 1. The number of amides is 1. The van der Waals surface area contributed by atoms with Gasteiger partial charge in [0.2, 0.25) is 0 Å². The predicted octanol–water partition coefficient (Wildman–Crippen LogP) is 3.49. The van der Waals surface area contributed by atoms with Gasteiger partial charge in [0.05, 0.1) is 10.8 Å². The number of alkyl carbamates (subject to hydrolysis) is 1. The predicted molar refractivity (Wildman–Crippen MR) is 88.2 cm³/mol. The van der Waals surface area contributed by atoms with E-state index in [1.807, 2.05) is 51.1 Å². The molecule has 0 heterocycles. The van der Waals surface area contributed by atoms with Crippen molar-refractivity contribution < 1.29 is 13.7 Å². The first-order valence-electron chi connectivity index (χ1n) is 7.78. The summed E-state index contributed by atoms with van der Waals surface area (Å²) in [7, 11) is -1.02. The summed E-state index contributed by atoms with van der Waals surface area (Å²) in [5.41, 5.74) is -0.495. The molecular formula is C17H25NO3S. The van der Waals surface area contributed by atoms with Crippen LogP contribution in [0, 0.1) is 5.92 Å². The number of hydrogen-bond acceptors (Lipinski definition) is 3. The molecule has 122 valence electrons. The molecule has 1 saturated carbocycles. The Morgan fingerprint density at radius 1 is 1.27 bits per heavy atom. The third kappa shape index (κ3) is 5.13. The van der Waals surface area contributed by atoms with Crippen LogP contribution in [0.4, 0.5) is 4.79 Å². The van der Waals surface area contributed by atoms with Crippen molar-refractivity contribution in [1.29, 1.82) is 0 Å². The van der Waals surface area contributed by atoms with Gasteiger partial charge in [-0.05, 0) is 51.7 Å². The van der Waals surface area contributed by atoms with Crippen molar-refractivity contribution in [3.63, 3.8) is 0 Å². The zero-order valence-corrected chi connectivity index (χ0v) is 14.3. The topological polar surface area (TPSA) is 55.4 Å². The molecule has 0 spiro atoms. The SMILES string of the molecule is CC(C)(C)OC(=O)N[C@H]1CCC[C@@H]1CS(=O)c1ccccc1. The van der Waals surface area contributed by atoms with Crippen LogP contribution in [0.1, 0.15) is 40.0 Å². The molecule has 1 aromatic carbocycles. The van der Waals surface area contributed by atoms with Crippen LogP contribution in [0.5, 0.6) is 0 Å². The Labute approximate surface area is 135 Å². The smallest absolute Gasteiger partial charge is 0.407 e. The summed E-state index contributed by atoms with van der Waals surface area (Å²) in [6, 6.07) is 9.56. The van der Waals surface area contributed by atoms with Gasteiger partial charge >= 0.3 is 6.09 Å². The fourth-order valence-electron chi connectivity index (χ4n) is 2.75. The fourth-order valence-corrected chi connectivity index (χ4v) is 4.19. The molecule has 4 nitrogen and oxygen atoms in total. The van der Waals surface area contributed by atoms with E-state index in [0.717, 1.165) is 24.2 Å². The molecule has 0 aliphatic heterocycles. The van der Waals surface area contributed by atoms with E-state index in [-0.39, 0.29) is 18.1 Å². The summed E-state index contributed by atoms with van der Waals surface area (Å²) in [6.45, 7) is 5.55. The first-order chi connectivity index (χ1) is 10.3. The summed E-state index contributed by atoms with van der Waals surface area (Å²) in [6.07, 6.45) is 2.60. The Hall–Kier alpha value is -1.36. The lowest BCUT2D eigenvalue weighted by Gasteiger charge is -2.24. The average Bonchev–Trinajstić information content (AvgIpc) is 2.84. The van der Waals surface area contributed by atoms with Crippen LogP contribution in [-0.2, 0) is 15.5 Å². The van der Waals surface area contributed by atoms with Crippen molar-refractivity contribution >= 4 is 16.9 Å². The summed E-state index contributed by atoms with van der Waals surface area (Å²) < 4.78 is 17.7. The minimum absolute atomic E-state index is 0.0579. The molecule has 0 radical (unpaired) electrons. The summed E-state index contributed by atoms with van der Waals surface area (Å²) in [5.74, 6) is 0.832. The minimum atomic E-state index is -1.02. The van der Waals surface area contributed by atoms with E-state index in [2.05, 4.69) is 5.32 Å². The van der Waals surface area contributed by atoms with Gasteiger partial charge in [0.1, 0.15) is 5.60 Å². The molecule has 1 N–H and O–H groups in total. The highest BCUT2D eigenvalue weighted by Gasteiger charge is 2.31. The van der Waals surface area contributed by atoms with Gasteiger partial charge in [0.15, 0.2) is 0 Å². The Morgan fingerprint density at radius 2 is 1.95 bits per heavy atom. The van der Waals surface area contributed by atoms with E-state index in [0.29, 0.717) is 5.75 Å². The molecule has 0 aromatic heterocycles. The number of nitrogens with one attached hydrogen (secondary N) is 1. The maximum absolute atomic E-state index is 12.4. The van der Waals surface area contributed by atoms with Crippen molar-refractivity contribution in [3.05, 3.63) is 30.3 Å². The Bertz CT molecular complexity index is 524. The van der Waals surface area contributed by atoms with E-state index < -0.39 is 16.4 Å². The van der Waals surface area contributed by atoms with E-state index in [1.165, 1.54) is 0 Å². The molecule has 1 aromatic rings. The zero-order valence-electron chi connectivity index (χ0n) is 13.5. The molecule has 1 amide bonds. The highest BCUT2D eigenvalue weighted by atomic mass is 32.2. The zero-order chi connectivity index (χ0) is 16.2. The van der Waals surface area contributed by atoms with Gasteiger partial charge in [-0.2, -0.15) is 0 Å². The maximum atomic E-state index is 12.4. The van der Waals surface area contributed by atoms with Gasteiger partial charge in [0.25, 0.3) is 0 Å². The van der Waals surface area contributed by atoms with Gasteiger partial charge in [-0.25, -0.2) is 4.79 Å². The van der Waals surface area contributed by atoms with Gasteiger partial charge in [0, 0.05) is 16.7 Å². The van der Waals surface area contributed by atoms with Crippen LogP contribution < -0.4 is 5.32 Å². The number of benzene rings is 1. The highest BCUT2D eigenvalue weighted by Crippen LogP contribution is 2.28. The van der Waals surface area contributed by atoms with Crippen molar-refractivity contribution in [2.75, 3.05) is 5.75 Å². The number of carbonyl (C=O) groups excluding carboxylic acids is 1. The van der Waals surface area contributed by atoms with E-state index in [9.17, 15) is 9.00 Å². The van der Waals surface area contributed by atoms with Crippen molar-refractivity contribution in [1.82, 2.24) is 5.32 Å². The molecule has 0 saturated heterocycles. The number of ether oxygens (including phenoxy) is 1. The monoisotopic (exact) mass is 323 g/mol. The normalized spacial score (nSPS) is 23.0. The van der Waals surface area contributed by atoms with Crippen LogP contribution in [0.3, 0.4) is 0 Å². The largest absolute Gasteiger partial charge is 0.444 e. The maximum Gasteiger partial charge on any atom is 0.407 e. The average molecular weight is 323 g/mol. The number of rotatable bonds is 4. The van der Waals surface area contributed by atoms with Crippen LogP contribution in [0.2, 0.25) is 0 Å². The second-order valence-electron chi connectivity index (χ2n) is 6.77. The molecular weight excluding hydrogens is 298 g/mol. The van der Waals surface area contributed by atoms with Crippen molar-refractivity contribution in [2.45, 2.75) is 56.6 Å². The van der Waals surface area contributed by atoms with E-state index in [1.54, 1.807) is 0 Å². The summed E-state index contributed by atoms with van der Waals surface area (Å²) in [5, 5.41) is 2.95. The third-order valence-corrected chi connectivity index (χ3v) is 5.26. The highest BCUT2D eigenvalue weighted by molar-refractivity contribution is 7.85. The molecule has 1 unspecified atom stereocenters. The lowest BCUT2D eigenvalue weighted by atomic mass is 10.1. The second kappa shape index (κ2) is 7.27. The number of hydrogen-bond donors (Lipinski definition) is 1. The van der Waals surface area contributed by atoms with Gasteiger partial charge < -0.3 is 10.1 Å². The standard InChI is InChI=1S/C17H25NO3S/c1-17(2,3)21-16(19)18-15-11-7-8-13(15)12-22(20)14-9-5-4-6-10-14/h4-6,9-10,13,15H,7-8,11-12H2,1-3H3,(H,18,19)/t13-,15+,22?/m1/s1. The van der Waals surface area contributed by atoms with Crippen molar-refractivity contribution in [2.24, 2.45) is 5.92 Å². The van der Waals surface area contributed by atoms with Gasteiger partial charge in [-0.1, -0.05) is 24.6 Å². The summed E-state index contributed by atoms with van der Waals surface area (Å²) in [4.78, 5) is 12.8. The molecule has 1 aliphatic carbocycles. The first-order valence-corrected chi connectivity index (χ1v) is 9.10. The summed E-state index contributed by atoms with van der Waals surface area (Å²) >= 11 is 0. The van der Waals surface area contributed by atoms with Gasteiger partial charge in [-0.15, -0.1) is 0 Å².